The lowest BCUT2D eigenvalue weighted by Gasteiger charge is -2.33. The summed E-state index contributed by atoms with van der Waals surface area (Å²) in [5, 5.41) is 25.2. The van der Waals surface area contributed by atoms with E-state index in [9.17, 15) is 15.2 Å². The van der Waals surface area contributed by atoms with E-state index in [4.69, 9.17) is 0 Å². The predicted octanol–water partition coefficient (Wildman–Crippen LogP) is 1.14. The number of quaternary nitrogens is 1. The molecule has 1 saturated carbocycles. The van der Waals surface area contributed by atoms with Gasteiger partial charge in [-0.2, -0.15) is 4.59 Å². The molecule has 1 heterocycles. The zero-order chi connectivity index (χ0) is 13.2. The Labute approximate surface area is 106 Å². The molecule has 0 amide bonds. The Bertz CT molecular complexity index is 369. The summed E-state index contributed by atoms with van der Waals surface area (Å²) >= 11 is 0. The van der Waals surface area contributed by atoms with Crippen LogP contribution in [-0.2, 0) is 0 Å². The molecule has 6 nitrogen and oxygen atoms in total. The van der Waals surface area contributed by atoms with Gasteiger partial charge in [-0.3, -0.25) is 10.1 Å². The van der Waals surface area contributed by atoms with E-state index < -0.39 is 12.1 Å². The van der Waals surface area contributed by atoms with Gasteiger partial charge >= 0.3 is 0 Å². The lowest BCUT2D eigenvalue weighted by molar-refractivity contribution is -0.887. The van der Waals surface area contributed by atoms with E-state index in [2.05, 4.69) is 5.10 Å². The number of allylic oxidation sites excluding steroid dienone is 1. The number of nitrogens with zero attached hydrogens (tertiary/aromatic N) is 3. The molecule has 0 saturated heterocycles. The number of hydrogen-bond donors (Lipinski definition) is 1. The minimum absolute atomic E-state index is 0.108. The first-order chi connectivity index (χ1) is 8.56. The van der Waals surface area contributed by atoms with Crippen molar-refractivity contribution in [2.24, 2.45) is 11.0 Å². The van der Waals surface area contributed by atoms with Gasteiger partial charge in [-0.15, -0.1) is 0 Å². The molecule has 1 aliphatic heterocycles. The molecule has 0 spiro atoms. The summed E-state index contributed by atoms with van der Waals surface area (Å²) < 4.78 is 0.418. The lowest BCUT2D eigenvalue weighted by atomic mass is 9.82. The third kappa shape index (κ3) is 2.59. The second-order valence-electron chi connectivity index (χ2n) is 5.17. The van der Waals surface area contributed by atoms with Crippen molar-refractivity contribution in [3.63, 3.8) is 0 Å². The van der Waals surface area contributed by atoms with Crippen LogP contribution in [0.5, 0.6) is 0 Å². The first-order valence-electron chi connectivity index (χ1n) is 6.48. The lowest BCUT2D eigenvalue weighted by Crippen LogP contribution is -2.48. The largest absolute Gasteiger partial charge is 0.393 e. The van der Waals surface area contributed by atoms with Crippen LogP contribution in [0.25, 0.3) is 0 Å². The summed E-state index contributed by atoms with van der Waals surface area (Å²) in [7, 11) is 0. The maximum Gasteiger partial charge on any atom is 0.221 e. The highest BCUT2D eigenvalue weighted by Gasteiger charge is 2.43. The van der Waals surface area contributed by atoms with E-state index in [0.717, 1.165) is 6.54 Å². The predicted molar refractivity (Wildman–Crippen MR) is 67.4 cm³/mol. The van der Waals surface area contributed by atoms with Gasteiger partial charge in [0, 0.05) is 17.4 Å². The number of rotatable bonds is 4. The van der Waals surface area contributed by atoms with Gasteiger partial charge in [0.05, 0.1) is 18.2 Å². The van der Waals surface area contributed by atoms with Crippen molar-refractivity contribution >= 4 is 6.21 Å². The van der Waals surface area contributed by atoms with Crippen molar-refractivity contribution < 1.29 is 14.6 Å². The van der Waals surface area contributed by atoms with Gasteiger partial charge in [0.25, 0.3) is 0 Å². The minimum Gasteiger partial charge on any atom is -0.393 e. The fourth-order valence-corrected chi connectivity index (χ4v) is 2.94. The van der Waals surface area contributed by atoms with Crippen LogP contribution in [0.2, 0.25) is 0 Å². The van der Waals surface area contributed by atoms with Gasteiger partial charge in [0.1, 0.15) is 19.3 Å². The highest BCUT2D eigenvalue weighted by molar-refractivity contribution is 5.71. The van der Waals surface area contributed by atoms with E-state index in [1.807, 2.05) is 19.2 Å². The monoisotopic (exact) mass is 254 g/mol. The van der Waals surface area contributed by atoms with Crippen LogP contribution in [0.1, 0.15) is 26.2 Å². The molecule has 6 heteroatoms. The van der Waals surface area contributed by atoms with Crippen molar-refractivity contribution in [2.45, 2.75) is 38.3 Å². The van der Waals surface area contributed by atoms with Gasteiger partial charge in [-0.05, 0) is 19.8 Å². The summed E-state index contributed by atoms with van der Waals surface area (Å²) in [6.07, 6.45) is 6.70. The Morgan fingerprint density at radius 2 is 2.33 bits per heavy atom. The van der Waals surface area contributed by atoms with Crippen molar-refractivity contribution in [1.29, 1.82) is 0 Å². The smallest absolute Gasteiger partial charge is 0.221 e. The van der Waals surface area contributed by atoms with Crippen LogP contribution in [0, 0.1) is 16.0 Å². The molecule has 2 rings (SSSR count). The van der Waals surface area contributed by atoms with Gasteiger partial charge < -0.3 is 5.11 Å². The van der Waals surface area contributed by atoms with Gasteiger partial charge in [0.15, 0.2) is 0 Å². The molecule has 1 aliphatic carbocycles. The van der Waals surface area contributed by atoms with Crippen LogP contribution >= 0.6 is 0 Å². The quantitative estimate of drug-likeness (QED) is 0.464. The minimum atomic E-state index is -0.542. The second kappa shape index (κ2) is 5.16. The number of aliphatic hydroxyl groups excluding tert-OH is 1. The van der Waals surface area contributed by atoms with E-state index in [-0.39, 0.29) is 10.8 Å². The van der Waals surface area contributed by atoms with Crippen LogP contribution in [0.4, 0.5) is 0 Å². The zero-order valence-corrected chi connectivity index (χ0v) is 10.6. The van der Waals surface area contributed by atoms with E-state index in [1.54, 1.807) is 6.21 Å². The summed E-state index contributed by atoms with van der Waals surface area (Å²) in [5.74, 6) is -0.108. The average Bonchev–Trinajstić information content (AvgIpc) is 2.78. The fourth-order valence-electron chi connectivity index (χ4n) is 2.94. The molecular weight excluding hydrogens is 234 g/mol. The first-order valence-corrected chi connectivity index (χ1v) is 6.48. The Balaban J connectivity index is 2.11. The molecule has 0 radical (unpaired) electrons. The highest BCUT2D eigenvalue weighted by Crippen LogP contribution is 2.30. The van der Waals surface area contributed by atoms with Crippen molar-refractivity contribution in [3.05, 3.63) is 22.4 Å². The molecule has 18 heavy (non-hydrogen) atoms. The second-order valence-corrected chi connectivity index (χ2v) is 5.17. The third-order valence-corrected chi connectivity index (χ3v) is 4.03. The molecule has 1 N–H and O–H groups in total. The number of aliphatic hydroxyl groups is 1. The van der Waals surface area contributed by atoms with Crippen LogP contribution in [0.15, 0.2) is 17.4 Å². The van der Waals surface area contributed by atoms with E-state index >= 15 is 0 Å². The summed E-state index contributed by atoms with van der Waals surface area (Å²) in [6, 6.07) is -0.542. The zero-order valence-electron chi connectivity index (χ0n) is 10.6. The average molecular weight is 254 g/mol. The third-order valence-electron chi connectivity index (χ3n) is 4.03. The van der Waals surface area contributed by atoms with Gasteiger partial charge in [-0.1, -0.05) is 5.10 Å². The van der Waals surface area contributed by atoms with Crippen molar-refractivity contribution in [1.82, 2.24) is 0 Å². The molecule has 100 valence electrons. The number of hydrogen-bond acceptors (Lipinski definition) is 4. The van der Waals surface area contributed by atoms with E-state index in [1.165, 1.54) is 0 Å². The van der Waals surface area contributed by atoms with Gasteiger partial charge in [0.2, 0.25) is 6.04 Å². The van der Waals surface area contributed by atoms with Crippen LogP contribution in [-0.4, -0.2) is 46.1 Å². The molecule has 4 unspecified atom stereocenters. The molecule has 1 fully saturated rings. The molecule has 0 aromatic carbocycles. The highest BCUT2D eigenvalue weighted by atomic mass is 16.6. The molecule has 0 aromatic heterocycles. The SMILES string of the molecule is CC[N+]1(CC2CC(O)CCC2[N+](=O)[O-])C=CC=N1. The molecular formula is C12H20N3O3+. The number of nitro groups is 1. The van der Waals surface area contributed by atoms with Crippen molar-refractivity contribution in [2.75, 3.05) is 13.1 Å². The maximum absolute atomic E-state index is 11.1. The first kappa shape index (κ1) is 13.2. The van der Waals surface area contributed by atoms with E-state index in [0.29, 0.717) is 30.4 Å². The van der Waals surface area contributed by atoms with Crippen molar-refractivity contribution in [3.8, 4) is 0 Å². The summed E-state index contributed by atoms with van der Waals surface area (Å²) in [6.45, 7) is 3.41. The Morgan fingerprint density at radius 1 is 1.56 bits per heavy atom. The van der Waals surface area contributed by atoms with Gasteiger partial charge in [-0.25, -0.2) is 0 Å². The topological polar surface area (TPSA) is 75.7 Å². The fraction of sp³-hybridized carbons (Fsp3) is 0.750. The molecule has 2 aliphatic rings. The normalized spacial score (nSPS) is 39.1. The molecule has 4 atom stereocenters. The maximum atomic E-state index is 11.1. The summed E-state index contributed by atoms with van der Waals surface area (Å²) in [4.78, 5) is 10.9. The van der Waals surface area contributed by atoms with Crippen LogP contribution in [0.3, 0.4) is 0 Å². The van der Waals surface area contributed by atoms with Crippen LogP contribution < -0.4 is 0 Å². The Kier molecular flexibility index (Phi) is 3.77. The summed E-state index contributed by atoms with van der Waals surface area (Å²) in [5.41, 5.74) is 0. The standard InChI is InChI=1S/C12H20N3O3/c1-2-15(7-3-6-13-15)9-10-8-11(16)4-5-12(10)14(17)18/h3,6-7,10-12,16H,2,4-5,8-9H2,1H3/q+1. The Hall–Kier alpha value is -1.27. The Morgan fingerprint density at radius 3 is 2.89 bits per heavy atom. The molecule has 0 aromatic rings. The molecule has 0 bridgehead atoms.